The Hall–Kier alpha value is -1.06. The second-order valence-corrected chi connectivity index (χ2v) is 6.15. The minimum Gasteiger partial charge on any atom is -0.381 e. The van der Waals surface area contributed by atoms with Crippen LogP contribution in [0.25, 0.3) is 0 Å². The number of ether oxygens (including phenoxy) is 1. The summed E-state index contributed by atoms with van der Waals surface area (Å²) >= 11 is 0. The van der Waals surface area contributed by atoms with E-state index in [1.165, 1.54) is 37.1 Å². The van der Waals surface area contributed by atoms with E-state index in [0.29, 0.717) is 12.6 Å². The molecule has 1 aliphatic carbocycles. The first kappa shape index (κ1) is 13.9. The largest absolute Gasteiger partial charge is 0.381 e. The van der Waals surface area contributed by atoms with Crippen molar-refractivity contribution in [2.75, 3.05) is 18.5 Å². The highest BCUT2D eigenvalue weighted by atomic mass is 16.5. The lowest BCUT2D eigenvalue weighted by Gasteiger charge is -2.20. The maximum Gasteiger partial charge on any atom is 0.0736 e. The van der Waals surface area contributed by atoms with Gasteiger partial charge in [0.25, 0.3) is 0 Å². The lowest BCUT2D eigenvalue weighted by molar-refractivity contribution is 0.134. The van der Waals surface area contributed by atoms with E-state index in [1.54, 1.807) is 0 Å². The molecule has 2 fully saturated rings. The lowest BCUT2D eigenvalue weighted by Crippen LogP contribution is -2.31. The molecule has 1 aliphatic heterocycles. The second kappa shape index (κ2) is 6.15. The summed E-state index contributed by atoms with van der Waals surface area (Å²) in [7, 11) is 0. The summed E-state index contributed by atoms with van der Waals surface area (Å²) in [5.41, 5.74) is 2.52. The molecule has 1 heterocycles. The molecule has 0 amide bonds. The Labute approximate surface area is 122 Å². The van der Waals surface area contributed by atoms with Crippen LogP contribution < -0.4 is 5.32 Å². The molecule has 2 unspecified atom stereocenters. The summed E-state index contributed by atoms with van der Waals surface area (Å²) in [6.07, 6.45) is 4.05. The zero-order valence-electron chi connectivity index (χ0n) is 12.6. The fraction of sp³-hybridized carbons (Fsp3) is 0.647. The third-order valence-electron chi connectivity index (χ3n) is 4.48. The van der Waals surface area contributed by atoms with Crippen molar-refractivity contribution in [3.05, 3.63) is 29.8 Å². The van der Waals surface area contributed by atoms with Gasteiger partial charge in [0.05, 0.1) is 6.61 Å². The van der Waals surface area contributed by atoms with E-state index >= 15 is 0 Å². The standard InChI is InChI=1S/C17H26N2O/c1-3-20-12-14-6-4-5-7-17(14)18-15-10-13(2)19(11-15)16-8-9-16/h4-7,13,15-16,18H,3,8-12H2,1-2H3. The number of para-hydroxylation sites is 1. The van der Waals surface area contributed by atoms with E-state index in [2.05, 4.69) is 41.4 Å². The summed E-state index contributed by atoms with van der Waals surface area (Å²) < 4.78 is 5.56. The van der Waals surface area contributed by atoms with Crippen molar-refractivity contribution in [1.29, 1.82) is 0 Å². The predicted molar refractivity (Wildman–Crippen MR) is 83.0 cm³/mol. The van der Waals surface area contributed by atoms with Gasteiger partial charge in [-0.3, -0.25) is 4.90 Å². The fourth-order valence-corrected chi connectivity index (χ4v) is 3.29. The van der Waals surface area contributed by atoms with Gasteiger partial charge in [-0.15, -0.1) is 0 Å². The summed E-state index contributed by atoms with van der Waals surface area (Å²) in [4.78, 5) is 2.68. The van der Waals surface area contributed by atoms with E-state index in [-0.39, 0.29) is 0 Å². The van der Waals surface area contributed by atoms with Gasteiger partial charge in [-0.05, 0) is 39.2 Å². The van der Waals surface area contributed by atoms with Gasteiger partial charge in [0, 0.05) is 42.5 Å². The van der Waals surface area contributed by atoms with Crippen molar-refractivity contribution in [3.63, 3.8) is 0 Å². The normalized spacial score (nSPS) is 26.9. The van der Waals surface area contributed by atoms with Gasteiger partial charge >= 0.3 is 0 Å². The molecule has 110 valence electrons. The zero-order valence-corrected chi connectivity index (χ0v) is 12.6. The Morgan fingerprint density at radius 2 is 2.10 bits per heavy atom. The Morgan fingerprint density at radius 3 is 2.85 bits per heavy atom. The van der Waals surface area contributed by atoms with Crippen LogP contribution in [0.1, 0.15) is 38.7 Å². The number of rotatable bonds is 6. The quantitative estimate of drug-likeness (QED) is 0.861. The number of benzene rings is 1. The second-order valence-electron chi connectivity index (χ2n) is 6.15. The van der Waals surface area contributed by atoms with Crippen molar-refractivity contribution in [2.45, 2.75) is 57.8 Å². The van der Waals surface area contributed by atoms with Crippen molar-refractivity contribution in [3.8, 4) is 0 Å². The minimum atomic E-state index is 0.577. The van der Waals surface area contributed by atoms with Crippen molar-refractivity contribution in [1.82, 2.24) is 4.90 Å². The minimum absolute atomic E-state index is 0.577. The van der Waals surface area contributed by atoms with Crippen LogP contribution in [-0.2, 0) is 11.3 Å². The van der Waals surface area contributed by atoms with E-state index in [9.17, 15) is 0 Å². The smallest absolute Gasteiger partial charge is 0.0736 e. The molecule has 0 aromatic heterocycles. The third kappa shape index (κ3) is 3.15. The van der Waals surface area contributed by atoms with Gasteiger partial charge in [0.15, 0.2) is 0 Å². The van der Waals surface area contributed by atoms with Crippen LogP contribution in [0.4, 0.5) is 5.69 Å². The topological polar surface area (TPSA) is 24.5 Å². The molecule has 20 heavy (non-hydrogen) atoms. The lowest BCUT2D eigenvalue weighted by atomic mass is 10.1. The van der Waals surface area contributed by atoms with E-state index in [1.807, 2.05) is 6.92 Å². The molecule has 1 N–H and O–H groups in total. The molecule has 0 radical (unpaired) electrons. The molecule has 0 spiro atoms. The predicted octanol–water partition coefficient (Wildman–Crippen LogP) is 3.26. The van der Waals surface area contributed by atoms with Crippen LogP contribution in [0.2, 0.25) is 0 Å². The van der Waals surface area contributed by atoms with Crippen molar-refractivity contribution >= 4 is 5.69 Å². The monoisotopic (exact) mass is 274 g/mol. The maximum absolute atomic E-state index is 5.56. The van der Waals surface area contributed by atoms with Crippen molar-refractivity contribution in [2.24, 2.45) is 0 Å². The Balaban J connectivity index is 1.62. The number of hydrogen-bond donors (Lipinski definition) is 1. The summed E-state index contributed by atoms with van der Waals surface area (Å²) in [5.74, 6) is 0. The molecule has 3 nitrogen and oxygen atoms in total. The van der Waals surface area contributed by atoms with Gasteiger partial charge in [-0.25, -0.2) is 0 Å². The van der Waals surface area contributed by atoms with Crippen LogP contribution in [0.15, 0.2) is 24.3 Å². The molecule has 2 atom stereocenters. The molecule has 3 rings (SSSR count). The fourth-order valence-electron chi connectivity index (χ4n) is 3.29. The first-order valence-electron chi connectivity index (χ1n) is 7.96. The molecule has 1 saturated heterocycles. The average Bonchev–Trinajstić information content (AvgIpc) is 3.22. The highest BCUT2D eigenvalue weighted by Gasteiger charge is 2.38. The van der Waals surface area contributed by atoms with Crippen LogP contribution in [0.5, 0.6) is 0 Å². The van der Waals surface area contributed by atoms with Crippen molar-refractivity contribution < 1.29 is 4.74 Å². The maximum atomic E-state index is 5.56. The van der Waals surface area contributed by atoms with Gasteiger partial charge in [-0.2, -0.15) is 0 Å². The van der Waals surface area contributed by atoms with Crippen LogP contribution in [0, 0.1) is 0 Å². The van der Waals surface area contributed by atoms with E-state index in [0.717, 1.165) is 18.7 Å². The summed E-state index contributed by atoms with van der Waals surface area (Å²) in [6.45, 7) is 7.07. The molecule has 1 aromatic carbocycles. The molecule has 2 aliphatic rings. The SMILES string of the molecule is CCOCc1ccccc1NC1CC(C)N(C2CC2)C1. The number of hydrogen-bond acceptors (Lipinski definition) is 3. The molecular formula is C17H26N2O. The summed E-state index contributed by atoms with van der Waals surface area (Å²) in [5, 5.41) is 3.74. The number of nitrogens with zero attached hydrogens (tertiary/aromatic N) is 1. The number of anilines is 1. The van der Waals surface area contributed by atoms with E-state index in [4.69, 9.17) is 4.74 Å². The molecule has 1 saturated carbocycles. The average molecular weight is 274 g/mol. The molecule has 0 bridgehead atoms. The Morgan fingerprint density at radius 1 is 1.30 bits per heavy atom. The Bertz CT molecular complexity index is 444. The first-order valence-corrected chi connectivity index (χ1v) is 7.96. The molecular weight excluding hydrogens is 248 g/mol. The molecule has 1 aromatic rings. The third-order valence-corrected chi connectivity index (χ3v) is 4.48. The van der Waals surface area contributed by atoms with Gasteiger partial charge in [-0.1, -0.05) is 18.2 Å². The van der Waals surface area contributed by atoms with Crippen LogP contribution >= 0.6 is 0 Å². The molecule has 3 heteroatoms. The first-order chi connectivity index (χ1) is 9.78. The Kier molecular flexibility index (Phi) is 4.27. The van der Waals surface area contributed by atoms with Crippen LogP contribution in [0.3, 0.4) is 0 Å². The zero-order chi connectivity index (χ0) is 13.9. The highest BCUT2D eigenvalue weighted by molar-refractivity contribution is 5.51. The van der Waals surface area contributed by atoms with Crippen LogP contribution in [-0.4, -0.2) is 36.2 Å². The van der Waals surface area contributed by atoms with E-state index < -0.39 is 0 Å². The number of likely N-dealkylation sites (tertiary alicyclic amines) is 1. The highest BCUT2D eigenvalue weighted by Crippen LogP contribution is 2.34. The van der Waals surface area contributed by atoms with Gasteiger partial charge < -0.3 is 10.1 Å². The van der Waals surface area contributed by atoms with Gasteiger partial charge in [0.1, 0.15) is 0 Å². The number of nitrogens with one attached hydrogen (secondary N) is 1. The summed E-state index contributed by atoms with van der Waals surface area (Å²) in [6, 6.07) is 10.7. The van der Waals surface area contributed by atoms with Gasteiger partial charge in [0.2, 0.25) is 0 Å².